The maximum atomic E-state index is 11.3. The van der Waals surface area contributed by atoms with Crippen molar-refractivity contribution >= 4 is 5.97 Å². The minimum atomic E-state index is -0.169. The average molecular weight is 172 g/mol. The molecule has 0 aromatic rings. The maximum Gasteiger partial charge on any atom is 0.311 e. The van der Waals surface area contributed by atoms with E-state index in [9.17, 15) is 4.79 Å². The third-order valence-corrected chi connectivity index (χ3v) is 2.12. The van der Waals surface area contributed by atoms with Crippen molar-refractivity contribution in [3.63, 3.8) is 0 Å². The molecule has 1 rings (SSSR count). The molecule has 70 valence electrons. The molecule has 1 heterocycles. The molecular weight excluding hydrogens is 156 g/mol. The van der Waals surface area contributed by atoms with Crippen LogP contribution in [0.5, 0.6) is 0 Å². The molecular formula is C8H16N2O2. The van der Waals surface area contributed by atoms with E-state index in [0.29, 0.717) is 13.2 Å². The Kier molecular flexibility index (Phi) is 3.49. The summed E-state index contributed by atoms with van der Waals surface area (Å²) in [5, 5.41) is 3.12. The van der Waals surface area contributed by atoms with E-state index >= 15 is 0 Å². The quantitative estimate of drug-likeness (QED) is 0.550. The SMILES string of the molecule is CCOC(=O)[C@@H]1CNCC[C@@H]1N. The van der Waals surface area contributed by atoms with Crippen molar-refractivity contribution in [2.75, 3.05) is 19.7 Å². The minimum absolute atomic E-state index is 0.0368. The van der Waals surface area contributed by atoms with Crippen LogP contribution < -0.4 is 11.1 Å². The summed E-state index contributed by atoms with van der Waals surface area (Å²) in [5.74, 6) is -0.323. The van der Waals surface area contributed by atoms with E-state index in [-0.39, 0.29) is 17.9 Å². The van der Waals surface area contributed by atoms with Gasteiger partial charge >= 0.3 is 5.97 Å². The van der Waals surface area contributed by atoms with Gasteiger partial charge in [0.2, 0.25) is 0 Å². The van der Waals surface area contributed by atoms with Crippen LogP contribution in [-0.4, -0.2) is 31.7 Å². The second-order valence-electron chi connectivity index (χ2n) is 3.02. The Labute approximate surface area is 72.5 Å². The number of hydrogen-bond donors (Lipinski definition) is 2. The van der Waals surface area contributed by atoms with Crippen LogP contribution in [0.3, 0.4) is 0 Å². The van der Waals surface area contributed by atoms with Gasteiger partial charge in [-0.15, -0.1) is 0 Å². The molecule has 12 heavy (non-hydrogen) atoms. The number of carbonyl (C=O) groups excluding carboxylic acids is 1. The van der Waals surface area contributed by atoms with Crippen LogP contribution in [-0.2, 0) is 9.53 Å². The molecule has 0 amide bonds. The first-order valence-corrected chi connectivity index (χ1v) is 4.38. The van der Waals surface area contributed by atoms with Crippen molar-refractivity contribution < 1.29 is 9.53 Å². The smallest absolute Gasteiger partial charge is 0.311 e. The Hall–Kier alpha value is -0.610. The normalized spacial score (nSPS) is 29.8. The lowest BCUT2D eigenvalue weighted by atomic mass is 9.94. The molecule has 0 spiro atoms. The van der Waals surface area contributed by atoms with E-state index in [4.69, 9.17) is 10.5 Å². The lowest BCUT2D eigenvalue weighted by Crippen LogP contribution is -2.48. The summed E-state index contributed by atoms with van der Waals surface area (Å²) < 4.78 is 4.89. The summed E-state index contributed by atoms with van der Waals surface area (Å²) in [5.41, 5.74) is 5.77. The topological polar surface area (TPSA) is 64.3 Å². The van der Waals surface area contributed by atoms with Crippen molar-refractivity contribution in [3.05, 3.63) is 0 Å². The number of carbonyl (C=O) groups is 1. The highest BCUT2D eigenvalue weighted by Crippen LogP contribution is 2.10. The summed E-state index contributed by atoms with van der Waals surface area (Å²) in [4.78, 5) is 11.3. The van der Waals surface area contributed by atoms with Crippen molar-refractivity contribution in [1.82, 2.24) is 5.32 Å². The van der Waals surface area contributed by atoms with Gasteiger partial charge in [-0.05, 0) is 19.9 Å². The Morgan fingerprint density at radius 3 is 3.08 bits per heavy atom. The Bertz CT molecular complexity index is 161. The fourth-order valence-corrected chi connectivity index (χ4v) is 1.39. The lowest BCUT2D eigenvalue weighted by Gasteiger charge is -2.27. The molecule has 0 bridgehead atoms. The van der Waals surface area contributed by atoms with Gasteiger partial charge in [0, 0.05) is 12.6 Å². The molecule has 1 fully saturated rings. The number of piperidine rings is 1. The monoisotopic (exact) mass is 172 g/mol. The van der Waals surface area contributed by atoms with Crippen molar-refractivity contribution in [1.29, 1.82) is 0 Å². The number of nitrogens with one attached hydrogen (secondary N) is 1. The summed E-state index contributed by atoms with van der Waals surface area (Å²) >= 11 is 0. The van der Waals surface area contributed by atoms with E-state index in [2.05, 4.69) is 5.32 Å². The molecule has 1 aliphatic rings. The molecule has 1 aliphatic heterocycles. The molecule has 0 saturated carbocycles. The number of ether oxygens (including phenoxy) is 1. The van der Waals surface area contributed by atoms with Crippen LogP contribution >= 0.6 is 0 Å². The third kappa shape index (κ3) is 2.19. The molecule has 0 aliphatic carbocycles. The zero-order valence-electron chi connectivity index (χ0n) is 7.38. The molecule has 0 radical (unpaired) electrons. The van der Waals surface area contributed by atoms with E-state index in [1.807, 2.05) is 0 Å². The third-order valence-electron chi connectivity index (χ3n) is 2.12. The fourth-order valence-electron chi connectivity index (χ4n) is 1.39. The Balaban J connectivity index is 2.42. The van der Waals surface area contributed by atoms with Crippen LogP contribution in [0, 0.1) is 5.92 Å². The maximum absolute atomic E-state index is 11.3. The first-order valence-electron chi connectivity index (χ1n) is 4.38. The zero-order valence-corrected chi connectivity index (χ0v) is 7.38. The van der Waals surface area contributed by atoms with Gasteiger partial charge < -0.3 is 15.8 Å². The second kappa shape index (κ2) is 4.42. The summed E-state index contributed by atoms with van der Waals surface area (Å²) in [6.07, 6.45) is 0.851. The zero-order chi connectivity index (χ0) is 8.97. The largest absolute Gasteiger partial charge is 0.466 e. The van der Waals surface area contributed by atoms with Gasteiger partial charge in [0.1, 0.15) is 0 Å². The highest BCUT2D eigenvalue weighted by molar-refractivity contribution is 5.73. The van der Waals surface area contributed by atoms with Crippen LogP contribution in [0.25, 0.3) is 0 Å². The Morgan fingerprint density at radius 2 is 2.50 bits per heavy atom. The average Bonchev–Trinajstić information content (AvgIpc) is 2.05. The molecule has 0 aromatic carbocycles. The van der Waals surface area contributed by atoms with Gasteiger partial charge in [0.25, 0.3) is 0 Å². The number of nitrogens with two attached hydrogens (primary N) is 1. The lowest BCUT2D eigenvalue weighted by molar-refractivity contribution is -0.149. The van der Waals surface area contributed by atoms with Crippen molar-refractivity contribution in [3.8, 4) is 0 Å². The van der Waals surface area contributed by atoms with E-state index in [0.717, 1.165) is 13.0 Å². The van der Waals surface area contributed by atoms with Crippen molar-refractivity contribution in [2.45, 2.75) is 19.4 Å². The van der Waals surface area contributed by atoms with Crippen LogP contribution in [0.2, 0.25) is 0 Å². The standard InChI is InChI=1S/C8H16N2O2/c1-2-12-8(11)6-5-10-4-3-7(6)9/h6-7,10H,2-5,9H2,1H3/t6-,7+/m1/s1. The molecule has 0 unspecified atom stereocenters. The van der Waals surface area contributed by atoms with Crippen LogP contribution in [0.4, 0.5) is 0 Å². The fraction of sp³-hybridized carbons (Fsp3) is 0.875. The van der Waals surface area contributed by atoms with Gasteiger partial charge in [-0.25, -0.2) is 0 Å². The van der Waals surface area contributed by atoms with Crippen LogP contribution in [0.1, 0.15) is 13.3 Å². The predicted molar refractivity (Wildman–Crippen MR) is 45.6 cm³/mol. The summed E-state index contributed by atoms with van der Waals surface area (Å²) in [7, 11) is 0. The molecule has 3 N–H and O–H groups in total. The Morgan fingerprint density at radius 1 is 1.75 bits per heavy atom. The molecule has 4 heteroatoms. The van der Waals surface area contributed by atoms with Gasteiger partial charge in [-0.2, -0.15) is 0 Å². The molecule has 1 saturated heterocycles. The second-order valence-corrected chi connectivity index (χ2v) is 3.02. The molecule has 2 atom stereocenters. The number of hydrogen-bond acceptors (Lipinski definition) is 4. The van der Waals surface area contributed by atoms with Gasteiger partial charge in [-0.1, -0.05) is 0 Å². The molecule has 0 aromatic heterocycles. The van der Waals surface area contributed by atoms with Crippen molar-refractivity contribution in [2.24, 2.45) is 11.7 Å². The van der Waals surface area contributed by atoms with Gasteiger partial charge in [0.15, 0.2) is 0 Å². The summed E-state index contributed by atoms with van der Waals surface area (Å²) in [6, 6.07) is -0.0368. The minimum Gasteiger partial charge on any atom is -0.466 e. The summed E-state index contributed by atoms with van der Waals surface area (Å²) in [6.45, 7) is 3.79. The molecule has 4 nitrogen and oxygen atoms in total. The van der Waals surface area contributed by atoms with Gasteiger partial charge in [0.05, 0.1) is 12.5 Å². The van der Waals surface area contributed by atoms with E-state index in [1.165, 1.54) is 0 Å². The highest BCUT2D eigenvalue weighted by Gasteiger charge is 2.28. The first-order chi connectivity index (χ1) is 5.75. The number of rotatable bonds is 2. The predicted octanol–water partition coefficient (Wildman–Crippen LogP) is -0.514. The van der Waals surface area contributed by atoms with E-state index in [1.54, 1.807) is 6.92 Å². The number of esters is 1. The van der Waals surface area contributed by atoms with Gasteiger partial charge in [-0.3, -0.25) is 4.79 Å². The van der Waals surface area contributed by atoms with E-state index < -0.39 is 0 Å². The highest BCUT2D eigenvalue weighted by atomic mass is 16.5. The first kappa shape index (κ1) is 9.48. The van der Waals surface area contributed by atoms with Crippen LogP contribution in [0.15, 0.2) is 0 Å².